The van der Waals surface area contributed by atoms with Crippen LogP contribution in [0.2, 0.25) is 5.02 Å². The molecule has 1 amide bonds. The summed E-state index contributed by atoms with van der Waals surface area (Å²) in [6, 6.07) is 6.73. The molecule has 1 heterocycles. The lowest BCUT2D eigenvalue weighted by molar-refractivity contribution is -0.115. The van der Waals surface area contributed by atoms with Gasteiger partial charge in [0.05, 0.1) is 29.1 Å². The third kappa shape index (κ3) is 3.19. The number of nitriles is 1. The Morgan fingerprint density at radius 3 is 2.71 bits per heavy atom. The molecule has 3 N–H and O–H groups in total. The molecule has 1 aromatic carbocycles. The number of nitrogen functional groups attached to an aromatic ring is 1. The lowest BCUT2D eigenvalue weighted by atomic mass is 10.2. The van der Waals surface area contributed by atoms with Gasteiger partial charge in [-0.05, 0) is 18.2 Å². The summed E-state index contributed by atoms with van der Waals surface area (Å²) in [6.45, 7) is 1.73. The van der Waals surface area contributed by atoms with Crippen LogP contribution in [0.5, 0.6) is 0 Å². The Balaban J connectivity index is 2.53. The van der Waals surface area contributed by atoms with E-state index in [0.717, 1.165) is 0 Å². The molecule has 0 aliphatic heterocycles. The van der Waals surface area contributed by atoms with Crippen LogP contribution in [0.3, 0.4) is 0 Å². The first-order chi connectivity index (χ1) is 11.4. The quantitative estimate of drug-likeness (QED) is 0.827. The minimum Gasteiger partial charge on any atom is -0.464 e. The molecular formula is C16H15ClN4O3. The van der Waals surface area contributed by atoms with E-state index in [2.05, 4.69) is 5.32 Å². The normalized spacial score (nSPS) is 10.1. The molecule has 0 fully saturated rings. The van der Waals surface area contributed by atoms with Crippen molar-refractivity contribution in [2.75, 3.05) is 18.2 Å². The molecule has 0 bridgehead atoms. The van der Waals surface area contributed by atoms with E-state index in [4.69, 9.17) is 27.3 Å². The van der Waals surface area contributed by atoms with Gasteiger partial charge in [-0.15, -0.1) is 0 Å². The van der Waals surface area contributed by atoms with Crippen molar-refractivity contribution in [3.05, 3.63) is 40.7 Å². The molecule has 0 aliphatic carbocycles. The number of halogens is 1. The summed E-state index contributed by atoms with van der Waals surface area (Å²) in [4.78, 5) is 23.4. The van der Waals surface area contributed by atoms with Crippen molar-refractivity contribution in [3.8, 4) is 11.8 Å². The SMILES string of the molecule is CCC(=O)Nc1ccc(-n2cc(C#N)c(N)c2C(=O)OC)cc1Cl. The van der Waals surface area contributed by atoms with E-state index >= 15 is 0 Å². The number of nitrogens with two attached hydrogens (primary N) is 1. The minimum absolute atomic E-state index is 0.0313. The Morgan fingerprint density at radius 1 is 1.46 bits per heavy atom. The highest BCUT2D eigenvalue weighted by molar-refractivity contribution is 6.33. The summed E-state index contributed by atoms with van der Waals surface area (Å²) in [6.07, 6.45) is 1.75. The molecule has 0 spiro atoms. The van der Waals surface area contributed by atoms with Gasteiger partial charge < -0.3 is 20.4 Å². The number of amides is 1. The number of nitrogens with zero attached hydrogens (tertiary/aromatic N) is 2. The van der Waals surface area contributed by atoms with E-state index in [1.54, 1.807) is 25.1 Å². The molecule has 0 saturated heterocycles. The Morgan fingerprint density at radius 2 is 2.17 bits per heavy atom. The first-order valence-corrected chi connectivity index (χ1v) is 7.39. The number of benzene rings is 1. The van der Waals surface area contributed by atoms with Crippen LogP contribution in [0.4, 0.5) is 11.4 Å². The van der Waals surface area contributed by atoms with E-state index in [0.29, 0.717) is 17.8 Å². The van der Waals surface area contributed by atoms with Crippen molar-refractivity contribution < 1.29 is 14.3 Å². The molecule has 2 aromatic rings. The lowest BCUT2D eigenvalue weighted by Gasteiger charge is -2.11. The monoisotopic (exact) mass is 346 g/mol. The number of nitrogens with one attached hydrogen (secondary N) is 1. The van der Waals surface area contributed by atoms with Gasteiger partial charge in [0.1, 0.15) is 6.07 Å². The molecule has 0 atom stereocenters. The van der Waals surface area contributed by atoms with E-state index < -0.39 is 5.97 Å². The van der Waals surface area contributed by atoms with Gasteiger partial charge in [0.25, 0.3) is 0 Å². The van der Waals surface area contributed by atoms with Gasteiger partial charge in [0, 0.05) is 18.3 Å². The summed E-state index contributed by atoms with van der Waals surface area (Å²) in [5.74, 6) is -0.842. The molecule has 7 nitrogen and oxygen atoms in total. The Hall–Kier alpha value is -2.98. The van der Waals surface area contributed by atoms with Gasteiger partial charge >= 0.3 is 5.97 Å². The van der Waals surface area contributed by atoms with Crippen molar-refractivity contribution in [2.24, 2.45) is 0 Å². The van der Waals surface area contributed by atoms with Crippen LogP contribution in [0.25, 0.3) is 5.69 Å². The van der Waals surface area contributed by atoms with Crippen molar-refractivity contribution in [1.29, 1.82) is 5.26 Å². The smallest absolute Gasteiger partial charge is 0.357 e. The average molecular weight is 347 g/mol. The van der Waals surface area contributed by atoms with Crippen LogP contribution in [0, 0.1) is 11.3 Å². The predicted octanol–water partition coefficient (Wildman–Crippen LogP) is 2.72. The molecule has 8 heteroatoms. The standard InChI is InChI=1S/C16H15ClN4O3/c1-3-13(22)20-12-5-4-10(6-11(12)17)21-8-9(7-18)14(19)15(21)16(23)24-2/h4-6,8H,3,19H2,1-2H3,(H,20,22). The van der Waals surface area contributed by atoms with Gasteiger partial charge in [-0.25, -0.2) is 4.79 Å². The van der Waals surface area contributed by atoms with E-state index in [-0.39, 0.29) is 27.9 Å². The summed E-state index contributed by atoms with van der Waals surface area (Å²) >= 11 is 6.19. The fourth-order valence-corrected chi connectivity index (χ4v) is 2.33. The maximum absolute atomic E-state index is 12.0. The van der Waals surface area contributed by atoms with Gasteiger partial charge in [-0.1, -0.05) is 18.5 Å². The Bertz CT molecular complexity index is 852. The van der Waals surface area contributed by atoms with Crippen molar-refractivity contribution >= 4 is 34.9 Å². The zero-order chi connectivity index (χ0) is 17.9. The summed E-state index contributed by atoms with van der Waals surface area (Å²) < 4.78 is 6.15. The topological polar surface area (TPSA) is 110 Å². The third-order valence-corrected chi connectivity index (χ3v) is 3.68. The average Bonchev–Trinajstić information content (AvgIpc) is 2.92. The highest BCUT2D eigenvalue weighted by Gasteiger charge is 2.22. The summed E-state index contributed by atoms with van der Waals surface area (Å²) in [5, 5.41) is 12.1. The fraction of sp³-hybridized carbons (Fsp3) is 0.188. The largest absolute Gasteiger partial charge is 0.464 e. The van der Waals surface area contributed by atoms with Gasteiger partial charge in [0.15, 0.2) is 5.69 Å². The highest BCUT2D eigenvalue weighted by atomic mass is 35.5. The number of hydrogen-bond donors (Lipinski definition) is 2. The number of aromatic nitrogens is 1. The number of hydrogen-bond acceptors (Lipinski definition) is 5. The number of anilines is 2. The van der Waals surface area contributed by atoms with Crippen LogP contribution < -0.4 is 11.1 Å². The zero-order valence-electron chi connectivity index (χ0n) is 13.1. The van der Waals surface area contributed by atoms with Crippen molar-refractivity contribution in [3.63, 3.8) is 0 Å². The minimum atomic E-state index is -0.673. The molecule has 0 radical (unpaired) electrons. The second kappa shape index (κ2) is 7.06. The van der Waals surface area contributed by atoms with Gasteiger partial charge in [-0.3, -0.25) is 4.79 Å². The molecule has 124 valence electrons. The first-order valence-electron chi connectivity index (χ1n) is 7.01. The van der Waals surface area contributed by atoms with Crippen molar-refractivity contribution in [1.82, 2.24) is 4.57 Å². The van der Waals surface area contributed by atoms with E-state index in [1.807, 2.05) is 6.07 Å². The van der Waals surface area contributed by atoms with E-state index in [9.17, 15) is 9.59 Å². The number of rotatable bonds is 4. The molecule has 1 aromatic heterocycles. The number of carbonyl (C=O) groups is 2. The predicted molar refractivity (Wildman–Crippen MR) is 90.2 cm³/mol. The van der Waals surface area contributed by atoms with Crippen LogP contribution in [-0.2, 0) is 9.53 Å². The molecule has 0 unspecified atom stereocenters. The summed E-state index contributed by atoms with van der Waals surface area (Å²) in [7, 11) is 1.22. The van der Waals surface area contributed by atoms with Crippen molar-refractivity contribution in [2.45, 2.75) is 13.3 Å². The second-order valence-electron chi connectivity index (χ2n) is 4.84. The number of esters is 1. The molecule has 24 heavy (non-hydrogen) atoms. The van der Waals surface area contributed by atoms with Crippen LogP contribution in [0.1, 0.15) is 29.4 Å². The molecule has 0 aliphatic rings. The number of methoxy groups -OCH3 is 1. The Labute approximate surface area is 143 Å². The first kappa shape index (κ1) is 17.4. The third-order valence-electron chi connectivity index (χ3n) is 3.37. The number of carbonyl (C=O) groups excluding carboxylic acids is 2. The second-order valence-corrected chi connectivity index (χ2v) is 5.25. The zero-order valence-corrected chi connectivity index (χ0v) is 13.8. The molecular weight excluding hydrogens is 332 g/mol. The number of ether oxygens (including phenoxy) is 1. The lowest BCUT2D eigenvalue weighted by Crippen LogP contribution is -2.12. The van der Waals surface area contributed by atoms with Gasteiger partial charge in [-0.2, -0.15) is 5.26 Å². The van der Waals surface area contributed by atoms with Gasteiger partial charge in [0.2, 0.25) is 5.91 Å². The van der Waals surface area contributed by atoms with E-state index in [1.165, 1.54) is 17.9 Å². The maximum Gasteiger partial charge on any atom is 0.357 e. The fourth-order valence-electron chi connectivity index (χ4n) is 2.11. The Kier molecular flexibility index (Phi) is 5.11. The molecule has 2 rings (SSSR count). The van der Waals surface area contributed by atoms with Crippen LogP contribution >= 0.6 is 11.6 Å². The molecule has 0 saturated carbocycles. The maximum atomic E-state index is 12.0. The summed E-state index contributed by atoms with van der Waals surface area (Å²) in [5.41, 5.74) is 7.02. The van der Waals surface area contributed by atoms with Crippen LogP contribution in [-0.4, -0.2) is 23.6 Å². The van der Waals surface area contributed by atoms with Crippen LogP contribution in [0.15, 0.2) is 24.4 Å². The highest BCUT2D eigenvalue weighted by Crippen LogP contribution is 2.29.